The summed E-state index contributed by atoms with van der Waals surface area (Å²) < 4.78 is 13.9. The number of carboxylic acids is 1. The lowest BCUT2D eigenvalue weighted by Gasteiger charge is -2.22. The average molecular weight is 284 g/mol. The van der Waals surface area contributed by atoms with E-state index in [-0.39, 0.29) is 24.6 Å². The minimum absolute atomic E-state index is 0.0258. The van der Waals surface area contributed by atoms with Crippen molar-refractivity contribution in [1.29, 1.82) is 0 Å². The zero-order valence-corrected chi connectivity index (χ0v) is 11.4. The molecule has 0 aliphatic heterocycles. The second kappa shape index (κ2) is 6.95. The van der Waals surface area contributed by atoms with Gasteiger partial charge in [-0.1, -0.05) is 26.0 Å². The van der Waals surface area contributed by atoms with Gasteiger partial charge in [-0.3, -0.25) is 19.8 Å². The second-order valence-electron chi connectivity index (χ2n) is 4.96. The number of nitro groups is 1. The summed E-state index contributed by atoms with van der Waals surface area (Å²) in [4.78, 5) is 22.2. The minimum atomic E-state index is -1.02. The van der Waals surface area contributed by atoms with Crippen LogP contribution in [0.15, 0.2) is 18.2 Å². The van der Waals surface area contributed by atoms with Crippen LogP contribution < -0.4 is 0 Å². The van der Waals surface area contributed by atoms with Crippen molar-refractivity contribution >= 4 is 11.7 Å². The van der Waals surface area contributed by atoms with Crippen LogP contribution in [0, 0.1) is 21.8 Å². The molecule has 0 aliphatic carbocycles. The molecule has 0 fully saturated rings. The molecule has 0 radical (unpaired) electrons. The number of hydrogen-bond acceptors (Lipinski definition) is 4. The number of benzene rings is 1. The van der Waals surface area contributed by atoms with Crippen LogP contribution in [0.4, 0.5) is 10.1 Å². The van der Waals surface area contributed by atoms with E-state index in [1.54, 1.807) is 4.90 Å². The Kier molecular flexibility index (Phi) is 5.57. The number of halogens is 1. The first-order valence-corrected chi connectivity index (χ1v) is 6.17. The van der Waals surface area contributed by atoms with Crippen molar-refractivity contribution in [2.45, 2.75) is 20.4 Å². The normalized spacial score (nSPS) is 11.1. The summed E-state index contributed by atoms with van der Waals surface area (Å²) in [6.07, 6.45) is 0. The maximum atomic E-state index is 13.9. The van der Waals surface area contributed by atoms with E-state index < -0.39 is 22.4 Å². The number of carboxylic acid groups (broad SMARTS) is 1. The van der Waals surface area contributed by atoms with Crippen LogP contribution >= 0.6 is 0 Å². The summed E-state index contributed by atoms with van der Waals surface area (Å²) >= 11 is 0. The Labute approximate surface area is 116 Å². The van der Waals surface area contributed by atoms with Gasteiger partial charge in [0.25, 0.3) is 0 Å². The SMILES string of the molecule is CC(C)CN(CC(=O)O)Cc1cccc([N+](=O)[O-])c1F. The van der Waals surface area contributed by atoms with Crippen molar-refractivity contribution in [3.05, 3.63) is 39.7 Å². The van der Waals surface area contributed by atoms with Crippen molar-refractivity contribution in [3.63, 3.8) is 0 Å². The fourth-order valence-corrected chi connectivity index (χ4v) is 1.96. The third kappa shape index (κ3) is 4.58. The topological polar surface area (TPSA) is 83.7 Å². The lowest BCUT2D eigenvalue weighted by atomic mass is 10.1. The summed E-state index contributed by atoms with van der Waals surface area (Å²) in [6.45, 7) is 4.09. The summed E-state index contributed by atoms with van der Waals surface area (Å²) in [5.74, 6) is -1.72. The highest BCUT2D eigenvalue weighted by Gasteiger charge is 2.20. The van der Waals surface area contributed by atoms with Crippen LogP contribution in [0.3, 0.4) is 0 Å². The van der Waals surface area contributed by atoms with Crippen LogP contribution in [0.2, 0.25) is 0 Å². The van der Waals surface area contributed by atoms with Crippen LogP contribution in [-0.4, -0.2) is 34.0 Å². The summed E-state index contributed by atoms with van der Waals surface area (Å²) in [5.41, 5.74) is -0.469. The maximum Gasteiger partial charge on any atom is 0.317 e. The van der Waals surface area contributed by atoms with Crippen molar-refractivity contribution in [2.24, 2.45) is 5.92 Å². The molecule has 0 atom stereocenters. The third-order valence-electron chi connectivity index (χ3n) is 2.63. The van der Waals surface area contributed by atoms with Crippen LogP contribution in [0.5, 0.6) is 0 Å². The molecule has 0 aliphatic rings. The van der Waals surface area contributed by atoms with E-state index in [1.807, 2.05) is 13.8 Å². The molecule has 1 aromatic carbocycles. The molecule has 0 aromatic heterocycles. The first-order chi connectivity index (χ1) is 9.31. The average Bonchev–Trinajstić information content (AvgIpc) is 2.29. The number of hydrogen-bond donors (Lipinski definition) is 1. The predicted molar refractivity (Wildman–Crippen MR) is 70.8 cm³/mol. The van der Waals surface area contributed by atoms with Crippen molar-refractivity contribution in [2.75, 3.05) is 13.1 Å². The number of nitrogens with zero attached hydrogens (tertiary/aromatic N) is 2. The monoisotopic (exact) mass is 284 g/mol. The zero-order valence-electron chi connectivity index (χ0n) is 11.4. The molecule has 7 heteroatoms. The molecule has 1 rings (SSSR count). The van der Waals surface area contributed by atoms with E-state index in [0.29, 0.717) is 6.54 Å². The lowest BCUT2D eigenvalue weighted by Crippen LogP contribution is -2.32. The highest BCUT2D eigenvalue weighted by atomic mass is 19.1. The number of rotatable bonds is 7. The van der Waals surface area contributed by atoms with E-state index in [1.165, 1.54) is 12.1 Å². The van der Waals surface area contributed by atoms with Gasteiger partial charge in [-0.15, -0.1) is 0 Å². The standard InChI is InChI=1S/C13H17FN2O4/c1-9(2)6-15(8-12(17)18)7-10-4-3-5-11(13(10)14)16(19)20/h3-5,9H,6-8H2,1-2H3,(H,17,18). The third-order valence-corrected chi connectivity index (χ3v) is 2.63. The van der Waals surface area contributed by atoms with Gasteiger partial charge in [-0.2, -0.15) is 4.39 Å². The smallest absolute Gasteiger partial charge is 0.317 e. The van der Waals surface area contributed by atoms with Crippen LogP contribution in [-0.2, 0) is 11.3 Å². The van der Waals surface area contributed by atoms with E-state index in [4.69, 9.17) is 5.11 Å². The van der Waals surface area contributed by atoms with E-state index in [0.717, 1.165) is 6.07 Å². The molecule has 110 valence electrons. The maximum absolute atomic E-state index is 13.9. The van der Waals surface area contributed by atoms with Crippen LogP contribution in [0.25, 0.3) is 0 Å². The van der Waals surface area contributed by atoms with Gasteiger partial charge in [0.2, 0.25) is 5.82 Å². The van der Waals surface area contributed by atoms with Gasteiger partial charge < -0.3 is 5.11 Å². The Hall–Kier alpha value is -2.02. The molecule has 0 unspecified atom stereocenters. The Morgan fingerprint density at radius 3 is 2.65 bits per heavy atom. The number of aliphatic carboxylic acids is 1. The van der Waals surface area contributed by atoms with Gasteiger partial charge in [0.15, 0.2) is 0 Å². The molecular weight excluding hydrogens is 267 g/mol. The molecule has 20 heavy (non-hydrogen) atoms. The molecule has 1 N–H and O–H groups in total. The van der Waals surface area contributed by atoms with Crippen LogP contribution in [0.1, 0.15) is 19.4 Å². The fourth-order valence-electron chi connectivity index (χ4n) is 1.96. The molecule has 0 bridgehead atoms. The highest BCUT2D eigenvalue weighted by Crippen LogP contribution is 2.21. The Morgan fingerprint density at radius 1 is 1.50 bits per heavy atom. The van der Waals surface area contributed by atoms with Crippen molar-refractivity contribution in [3.8, 4) is 0 Å². The fraction of sp³-hybridized carbons (Fsp3) is 0.462. The predicted octanol–water partition coefficient (Wildman–Crippen LogP) is 2.28. The van der Waals surface area contributed by atoms with Gasteiger partial charge in [0, 0.05) is 24.7 Å². The molecule has 0 saturated carbocycles. The number of nitro benzene ring substituents is 1. The van der Waals surface area contributed by atoms with E-state index >= 15 is 0 Å². The van der Waals surface area contributed by atoms with Gasteiger partial charge in [-0.25, -0.2) is 0 Å². The first-order valence-electron chi connectivity index (χ1n) is 6.17. The molecule has 0 spiro atoms. The van der Waals surface area contributed by atoms with E-state index in [2.05, 4.69) is 0 Å². The molecule has 6 nitrogen and oxygen atoms in total. The van der Waals surface area contributed by atoms with Gasteiger partial charge in [0.05, 0.1) is 11.5 Å². The summed E-state index contributed by atoms with van der Waals surface area (Å²) in [6, 6.07) is 3.91. The second-order valence-corrected chi connectivity index (χ2v) is 4.96. The van der Waals surface area contributed by atoms with Gasteiger partial charge in [-0.05, 0) is 5.92 Å². The Bertz CT molecular complexity index is 505. The molecular formula is C13H17FN2O4. The molecule has 0 saturated heterocycles. The molecule has 1 aromatic rings. The van der Waals surface area contributed by atoms with Crippen molar-refractivity contribution in [1.82, 2.24) is 4.90 Å². The summed E-state index contributed by atoms with van der Waals surface area (Å²) in [7, 11) is 0. The largest absolute Gasteiger partial charge is 0.480 e. The highest BCUT2D eigenvalue weighted by molar-refractivity contribution is 5.69. The quantitative estimate of drug-likeness (QED) is 0.613. The number of carbonyl (C=O) groups is 1. The lowest BCUT2D eigenvalue weighted by molar-refractivity contribution is -0.387. The Morgan fingerprint density at radius 2 is 2.15 bits per heavy atom. The van der Waals surface area contributed by atoms with Gasteiger partial charge in [0.1, 0.15) is 0 Å². The van der Waals surface area contributed by atoms with Crippen molar-refractivity contribution < 1.29 is 19.2 Å². The minimum Gasteiger partial charge on any atom is -0.480 e. The van der Waals surface area contributed by atoms with E-state index in [9.17, 15) is 19.3 Å². The molecule has 0 heterocycles. The first kappa shape index (κ1) is 16.0. The summed E-state index contributed by atoms with van der Waals surface area (Å²) in [5, 5.41) is 19.5. The zero-order chi connectivity index (χ0) is 15.3. The van der Waals surface area contributed by atoms with Gasteiger partial charge >= 0.3 is 11.7 Å². The Balaban J connectivity index is 2.95. The molecule has 0 amide bonds.